The lowest BCUT2D eigenvalue weighted by Gasteiger charge is -2.32. The summed E-state index contributed by atoms with van der Waals surface area (Å²) < 4.78 is 1.41. The monoisotopic (exact) mass is 377 g/mol. The molecule has 0 atom stereocenters. The van der Waals surface area contributed by atoms with E-state index in [1.807, 2.05) is 17.0 Å². The zero-order valence-electron chi connectivity index (χ0n) is 16.1. The highest BCUT2D eigenvalue weighted by Gasteiger charge is 2.24. The summed E-state index contributed by atoms with van der Waals surface area (Å²) in [7, 11) is 0. The molecule has 0 unspecified atom stereocenters. The molecule has 0 spiro atoms. The van der Waals surface area contributed by atoms with Crippen molar-refractivity contribution >= 4 is 16.8 Å². The molecular formula is C22H25N4O2+. The fourth-order valence-corrected chi connectivity index (χ4v) is 3.82. The van der Waals surface area contributed by atoms with Crippen molar-refractivity contribution in [1.29, 1.82) is 0 Å². The lowest BCUT2D eigenvalue weighted by atomic mass is 10.1. The first kappa shape index (κ1) is 18.4. The summed E-state index contributed by atoms with van der Waals surface area (Å²) in [5.74, 6) is -0.0196. The molecule has 1 amide bonds. The molecule has 0 bridgehead atoms. The van der Waals surface area contributed by atoms with Crippen molar-refractivity contribution in [1.82, 2.24) is 14.5 Å². The van der Waals surface area contributed by atoms with Crippen LogP contribution in [0.3, 0.4) is 0 Å². The van der Waals surface area contributed by atoms with Crippen LogP contribution in [-0.4, -0.2) is 46.5 Å². The van der Waals surface area contributed by atoms with Crippen molar-refractivity contribution in [2.45, 2.75) is 20.0 Å². The number of benzene rings is 2. The van der Waals surface area contributed by atoms with Crippen LogP contribution in [0.15, 0.2) is 59.7 Å². The molecule has 0 saturated carbocycles. The summed E-state index contributed by atoms with van der Waals surface area (Å²) in [5.41, 5.74) is 3.11. The third-order valence-electron chi connectivity index (χ3n) is 5.40. The maximum Gasteiger partial charge on any atom is 0.261 e. The van der Waals surface area contributed by atoms with Crippen molar-refractivity contribution in [3.8, 4) is 0 Å². The number of hydrogen-bond acceptors (Lipinski definition) is 3. The predicted octanol–water partition coefficient (Wildman–Crippen LogP) is 0.632. The van der Waals surface area contributed by atoms with Gasteiger partial charge in [0.15, 0.2) is 0 Å². The first-order valence-electron chi connectivity index (χ1n) is 9.71. The molecule has 4 rings (SSSR count). The van der Waals surface area contributed by atoms with Gasteiger partial charge in [-0.2, -0.15) is 0 Å². The minimum absolute atomic E-state index is 0.0196. The quantitative estimate of drug-likeness (QED) is 0.726. The molecular weight excluding hydrogens is 352 g/mol. The summed E-state index contributed by atoms with van der Waals surface area (Å²) in [4.78, 5) is 32.9. The second-order valence-corrected chi connectivity index (χ2v) is 7.49. The maximum atomic E-state index is 12.7. The van der Waals surface area contributed by atoms with Gasteiger partial charge in [-0.05, 0) is 19.1 Å². The number of nitrogens with one attached hydrogen (secondary N) is 1. The summed E-state index contributed by atoms with van der Waals surface area (Å²) in [5, 5.41) is 0.546. The molecule has 28 heavy (non-hydrogen) atoms. The summed E-state index contributed by atoms with van der Waals surface area (Å²) in [6.07, 6.45) is 1.47. The van der Waals surface area contributed by atoms with E-state index in [9.17, 15) is 9.59 Å². The van der Waals surface area contributed by atoms with Gasteiger partial charge in [-0.25, -0.2) is 4.98 Å². The summed E-state index contributed by atoms with van der Waals surface area (Å²) in [6.45, 7) is 6.42. The van der Waals surface area contributed by atoms with E-state index in [2.05, 4.69) is 36.2 Å². The molecule has 0 radical (unpaired) electrons. The van der Waals surface area contributed by atoms with E-state index in [0.29, 0.717) is 10.9 Å². The zero-order chi connectivity index (χ0) is 19.5. The Morgan fingerprint density at radius 3 is 2.68 bits per heavy atom. The van der Waals surface area contributed by atoms with Crippen LogP contribution in [0.25, 0.3) is 10.9 Å². The fraction of sp³-hybridized carbons (Fsp3) is 0.318. The van der Waals surface area contributed by atoms with E-state index in [1.54, 1.807) is 12.1 Å². The Morgan fingerprint density at radius 2 is 1.89 bits per heavy atom. The van der Waals surface area contributed by atoms with Crippen LogP contribution < -0.4 is 10.5 Å². The van der Waals surface area contributed by atoms with E-state index in [1.165, 1.54) is 26.9 Å². The SMILES string of the molecule is Cc1cccc(C[NH+]2CCN(C(=O)Cn3cnc4ccccc4c3=O)CC2)c1. The Hall–Kier alpha value is -2.99. The molecule has 2 aromatic carbocycles. The van der Waals surface area contributed by atoms with Gasteiger partial charge in [0.25, 0.3) is 5.56 Å². The number of piperazine rings is 1. The number of carbonyl (C=O) groups excluding carboxylic acids is 1. The number of rotatable bonds is 4. The molecule has 6 nitrogen and oxygen atoms in total. The summed E-state index contributed by atoms with van der Waals surface area (Å²) >= 11 is 0. The number of aromatic nitrogens is 2. The van der Waals surface area contributed by atoms with E-state index in [-0.39, 0.29) is 18.0 Å². The van der Waals surface area contributed by atoms with E-state index in [0.717, 1.165) is 32.7 Å². The molecule has 1 aromatic heterocycles. The molecule has 1 saturated heterocycles. The van der Waals surface area contributed by atoms with Gasteiger partial charge in [-0.1, -0.05) is 42.0 Å². The van der Waals surface area contributed by atoms with Crippen LogP contribution in [0.2, 0.25) is 0 Å². The molecule has 1 aliphatic rings. The zero-order valence-corrected chi connectivity index (χ0v) is 16.1. The van der Waals surface area contributed by atoms with Gasteiger partial charge in [-0.3, -0.25) is 14.2 Å². The molecule has 1 aliphatic heterocycles. The molecule has 144 valence electrons. The Bertz CT molecular complexity index is 1050. The van der Waals surface area contributed by atoms with Gasteiger partial charge in [0, 0.05) is 5.56 Å². The van der Waals surface area contributed by atoms with Gasteiger partial charge in [0.1, 0.15) is 13.1 Å². The van der Waals surface area contributed by atoms with Crippen molar-refractivity contribution in [3.05, 3.63) is 76.3 Å². The molecule has 3 aromatic rings. The molecule has 6 heteroatoms. The lowest BCUT2D eigenvalue weighted by molar-refractivity contribution is -0.917. The average molecular weight is 377 g/mol. The van der Waals surface area contributed by atoms with Gasteiger partial charge >= 0.3 is 0 Å². The largest absolute Gasteiger partial charge is 0.330 e. The smallest absolute Gasteiger partial charge is 0.261 e. The normalized spacial score (nSPS) is 15.1. The van der Waals surface area contributed by atoms with Crippen molar-refractivity contribution in [2.24, 2.45) is 0 Å². The number of para-hydroxylation sites is 1. The second-order valence-electron chi connectivity index (χ2n) is 7.49. The fourth-order valence-electron chi connectivity index (χ4n) is 3.82. The van der Waals surface area contributed by atoms with E-state index in [4.69, 9.17) is 0 Å². The maximum absolute atomic E-state index is 12.7. The molecule has 1 N–H and O–H groups in total. The first-order valence-corrected chi connectivity index (χ1v) is 9.71. The third kappa shape index (κ3) is 3.97. The number of quaternary nitrogens is 1. The Balaban J connectivity index is 1.37. The average Bonchev–Trinajstić information content (AvgIpc) is 2.71. The molecule has 2 heterocycles. The van der Waals surface area contributed by atoms with Crippen LogP contribution in [-0.2, 0) is 17.9 Å². The van der Waals surface area contributed by atoms with Gasteiger partial charge in [0.2, 0.25) is 5.91 Å². The van der Waals surface area contributed by atoms with Crippen LogP contribution in [0.5, 0.6) is 0 Å². The Labute approximate surface area is 164 Å². The predicted molar refractivity (Wildman–Crippen MR) is 108 cm³/mol. The summed E-state index contributed by atoms with van der Waals surface area (Å²) in [6, 6.07) is 15.8. The topological polar surface area (TPSA) is 59.6 Å². The van der Waals surface area contributed by atoms with Crippen molar-refractivity contribution in [3.63, 3.8) is 0 Å². The lowest BCUT2D eigenvalue weighted by Crippen LogP contribution is -3.13. The van der Waals surface area contributed by atoms with E-state index < -0.39 is 0 Å². The second kappa shape index (κ2) is 7.94. The number of fused-ring (bicyclic) bond motifs is 1. The Kier molecular flexibility index (Phi) is 5.21. The number of carbonyl (C=O) groups is 1. The third-order valence-corrected chi connectivity index (χ3v) is 5.40. The van der Waals surface area contributed by atoms with Crippen LogP contribution >= 0.6 is 0 Å². The highest BCUT2D eigenvalue weighted by atomic mass is 16.2. The minimum Gasteiger partial charge on any atom is -0.330 e. The van der Waals surface area contributed by atoms with Gasteiger partial charge in [0.05, 0.1) is 43.4 Å². The van der Waals surface area contributed by atoms with E-state index >= 15 is 0 Å². The first-order chi connectivity index (χ1) is 13.6. The number of nitrogens with zero attached hydrogens (tertiary/aromatic N) is 3. The Morgan fingerprint density at radius 1 is 1.11 bits per heavy atom. The van der Waals surface area contributed by atoms with Crippen LogP contribution in [0, 0.1) is 6.92 Å². The number of aryl methyl sites for hydroxylation is 1. The highest BCUT2D eigenvalue weighted by Crippen LogP contribution is 2.05. The van der Waals surface area contributed by atoms with Crippen molar-refractivity contribution < 1.29 is 9.69 Å². The number of amides is 1. The number of hydrogen-bond donors (Lipinski definition) is 1. The van der Waals surface area contributed by atoms with Crippen LogP contribution in [0.1, 0.15) is 11.1 Å². The van der Waals surface area contributed by atoms with Crippen LogP contribution in [0.4, 0.5) is 0 Å². The minimum atomic E-state index is -0.164. The standard InChI is InChI=1S/C22H24N4O2/c1-17-5-4-6-18(13-17)14-24-9-11-25(12-10-24)21(27)15-26-16-23-20-8-3-2-7-19(20)22(26)28/h2-8,13,16H,9-12,14-15H2,1H3/p+1. The van der Waals surface area contributed by atoms with Gasteiger partial charge < -0.3 is 9.80 Å². The van der Waals surface area contributed by atoms with Gasteiger partial charge in [-0.15, -0.1) is 0 Å². The molecule has 0 aliphatic carbocycles. The molecule has 1 fully saturated rings. The highest BCUT2D eigenvalue weighted by molar-refractivity contribution is 5.79. The van der Waals surface area contributed by atoms with Crippen molar-refractivity contribution in [2.75, 3.05) is 26.2 Å².